The van der Waals surface area contributed by atoms with Crippen molar-refractivity contribution in [3.63, 3.8) is 0 Å². The van der Waals surface area contributed by atoms with Crippen molar-refractivity contribution in [2.24, 2.45) is 0 Å². The van der Waals surface area contributed by atoms with Crippen molar-refractivity contribution in [1.82, 2.24) is 24.6 Å². The molecule has 4 heterocycles. The summed E-state index contributed by atoms with van der Waals surface area (Å²) in [4.78, 5) is 37.3. The first kappa shape index (κ1) is 28.4. The molecular formula is C31H35F3N6O2. The molecule has 2 fully saturated rings. The van der Waals surface area contributed by atoms with Gasteiger partial charge in [-0.25, -0.2) is 0 Å². The van der Waals surface area contributed by atoms with Crippen LogP contribution >= 0.6 is 0 Å². The first-order chi connectivity index (χ1) is 20.2. The second-order valence-electron chi connectivity index (χ2n) is 11.6. The maximum Gasteiger partial charge on any atom is 0.435 e. The highest BCUT2D eigenvalue weighted by Gasteiger charge is 2.40. The molecule has 1 aliphatic carbocycles. The minimum Gasteiger partial charge on any atom is -0.335 e. The molecule has 222 valence electrons. The third kappa shape index (κ3) is 6.06. The number of fused-ring (bicyclic) bond motifs is 3. The minimum atomic E-state index is -4.58. The zero-order valence-electron chi connectivity index (χ0n) is 23.6. The van der Waals surface area contributed by atoms with Gasteiger partial charge in [-0.2, -0.15) is 18.3 Å². The van der Waals surface area contributed by atoms with Gasteiger partial charge in [-0.1, -0.05) is 24.3 Å². The molecule has 3 aliphatic rings. The van der Waals surface area contributed by atoms with Gasteiger partial charge in [-0.15, -0.1) is 0 Å². The SMILES string of the molecule is CC(=O)N1CC[C@@H]2CC[C@H](CN(C(=O)Cn3nc(C(F)(F)F)cc3C3CC3)Cc3ccccc31)N2Cc1ccccn1. The van der Waals surface area contributed by atoms with E-state index in [4.69, 9.17) is 0 Å². The Balaban J connectivity index is 1.35. The van der Waals surface area contributed by atoms with Gasteiger partial charge in [0.1, 0.15) is 6.54 Å². The number of carbonyl (C=O) groups is 2. The van der Waals surface area contributed by atoms with Gasteiger partial charge in [-0.3, -0.25) is 24.2 Å². The molecule has 2 amide bonds. The van der Waals surface area contributed by atoms with Crippen molar-refractivity contribution >= 4 is 17.5 Å². The number of carbonyl (C=O) groups excluding carboxylic acids is 2. The number of pyridine rings is 1. The van der Waals surface area contributed by atoms with Gasteiger partial charge < -0.3 is 9.80 Å². The highest BCUT2D eigenvalue weighted by Crippen LogP contribution is 2.42. The second kappa shape index (κ2) is 11.5. The summed E-state index contributed by atoms with van der Waals surface area (Å²) >= 11 is 0. The van der Waals surface area contributed by atoms with Gasteiger partial charge in [0.25, 0.3) is 0 Å². The monoisotopic (exact) mass is 580 g/mol. The van der Waals surface area contributed by atoms with E-state index in [2.05, 4.69) is 15.0 Å². The number of hydrogen-bond acceptors (Lipinski definition) is 5. The summed E-state index contributed by atoms with van der Waals surface area (Å²) in [6.45, 7) is 3.11. The van der Waals surface area contributed by atoms with Crippen molar-refractivity contribution in [3.05, 3.63) is 77.4 Å². The van der Waals surface area contributed by atoms with Crippen molar-refractivity contribution in [1.29, 1.82) is 0 Å². The van der Waals surface area contributed by atoms with E-state index in [1.807, 2.05) is 42.5 Å². The van der Waals surface area contributed by atoms with Crippen LogP contribution in [-0.2, 0) is 35.4 Å². The molecule has 2 atom stereocenters. The molecule has 2 aliphatic heterocycles. The normalized spacial score (nSPS) is 21.6. The Morgan fingerprint density at radius 3 is 2.45 bits per heavy atom. The molecule has 2 aromatic heterocycles. The molecule has 42 heavy (non-hydrogen) atoms. The Kier molecular flexibility index (Phi) is 7.78. The minimum absolute atomic E-state index is 0.00161. The summed E-state index contributed by atoms with van der Waals surface area (Å²) < 4.78 is 41.9. The highest BCUT2D eigenvalue weighted by atomic mass is 19.4. The van der Waals surface area contributed by atoms with E-state index in [9.17, 15) is 22.8 Å². The van der Waals surface area contributed by atoms with Gasteiger partial charge >= 0.3 is 6.18 Å². The maximum atomic E-state index is 14.0. The summed E-state index contributed by atoms with van der Waals surface area (Å²) in [5.74, 6) is -0.368. The van der Waals surface area contributed by atoms with Crippen molar-refractivity contribution in [2.45, 2.75) is 82.8 Å². The molecule has 1 saturated heterocycles. The molecule has 3 aromatic rings. The average molecular weight is 581 g/mol. The van der Waals surface area contributed by atoms with Crippen molar-refractivity contribution < 1.29 is 22.8 Å². The van der Waals surface area contributed by atoms with Crippen LogP contribution in [-0.4, -0.2) is 61.6 Å². The highest BCUT2D eigenvalue weighted by molar-refractivity contribution is 5.92. The molecule has 1 aromatic carbocycles. The van der Waals surface area contributed by atoms with E-state index in [0.29, 0.717) is 25.3 Å². The summed E-state index contributed by atoms with van der Waals surface area (Å²) in [7, 11) is 0. The van der Waals surface area contributed by atoms with Crippen molar-refractivity contribution in [2.75, 3.05) is 18.0 Å². The van der Waals surface area contributed by atoms with Gasteiger partial charge in [0.15, 0.2) is 5.69 Å². The molecule has 11 heteroatoms. The number of benzene rings is 1. The number of anilines is 1. The van der Waals surface area contributed by atoms with Crippen LogP contribution in [0.4, 0.5) is 18.9 Å². The maximum absolute atomic E-state index is 14.0. The average Bonchev–Trinajstić information content (AvgIpc) is 3.60. The Bertz CT molecular complexity index is 1440. The summed E-state index contributed by atoms with van der Waals surface area (Å²) in [5.41, 5.74) is 2.02. The molecule has 1 saturated carbocycles. The van der Waals surface area contributed by atoms with E-state index in [1.54, 1.807) is 22.9 Å². The fourth-order valence-electron chi connectivity index (χ4n) is 6.44. The van der Waals surface area contributed by atoms with Crippen LogP contribution in [0.3, 0.4) is 0 Å². The first-order valence-electron chi connectivity index (χ1n) is 14.6. The molecule has 0 radical (unpaired) electrons. The summed E-state index contributed by atoms with van der Waals surface area (Å²) in [6.07, 6.45) is 1.35. The predicted octanol–water partition coefficient (Wildman–Crippen LogP) is 4.99. The van der Waals surface area contributed by atoms with Crippen LogP contribution in [0.25, 0.3) is 0 Å². The van der Waals surface area contributed by atoms with E-state index in [0.717, 1.165) is 55.1 Å². The number of amides is 2. The van der Waals surface area contributed by atoms with Gasteiger partial charge in [0.2, 0.25) is 11.8 Å². The van der Waals surface area contributed by atoms with Gasteiger partial charge in [0, 0.05) is 68.7 Å². The fourth-order valence-corrected chi connectivity index (χ4v) is 6.44. The zero-order chi connectivity index (χ0) is 29.4. The van der Waals surface area contributed by atoms with Crippen LogP contribution < -0.4 is 4.90 Å². The van der Waals surface area contributed by atoms with E-state index >= 15 is 0 Å². The lowest BCUT2D eigenvalue weighted by Gasteiger charge is -2.33. The molecular weight excluding hydrogens is 545 g/mol. The van der Waals surface area contributed by atoms with Crippen molar-refractivity contribution in [3.8, 4) is 0 Å². The topological polar surface area (TPSA) is 74.6 Å². The van der Waals surface area contributed by atoms with Crippen LogP contribution in [0, 0.1) is 0 Å². The standard InChI is InChI=1S/C31H35F3N6O2/c1-21(41)38-15-13-25-11-12-26(39(25)18-24-7-4-5-14-35-24)19-37(17-23-6-2-3-8-27(23)38)30(42)20-40-28(22-9-10-22)16-29(36-40)31(32,33)34/h2-8,14,16,22,25-26H,9-13,15,17-20H2,1H3/t25-,26+/m0/s1. The lowest BCUT2D eigenvalue weighted by atomic mass is 10.1. The number of rotatable bonds is 5. The van der Waals surface area contributed by atoms with Crippen LogP contribution in [0.15, 0.2) is 54.7 Å². The molecule has 6 rings (SSSR count). The Morgan fingerprint density at radius 2 is 1.74 bits per heavy atom. The third-order valence-corrected chi connectivity index (χ3v) is 8.72. The Labute approximate surface area is 243 Å². The predicted molar refractivity (Wildman–Crippen MR) is 150 cm³/mol. The largest absolute Gasteiger partial charge is 0.435 e. The lowest BCUT2D eigenvalue weighted by Crippen LogP contribution is -2.45. The fraction of sp³-hybridized carbons (Fsp3) is 0.484. The molecule has 0 unspecified atom stereocenters. The zero-order valence-corrected chi connectivity index (χ0v) is 23.6. The van der Waals surface area contributed by atoms with Gasteiger partial charge in [0.05, 0.1) is 5.69 Å². The Hall–Kier alpha value is -3.73. The molecule has 2 bridgehead atoms. The molecule has 8 nitrogen and oxygen atoms in total. The lowest BCUT2D eigenvalue weighted by molar-refractivity contribution is -0.142. The third-order valence-electron chi connectivity index (χ3n) is 8.72. The van der Waals surface area contributed by atoms with Gasteiger partial charge in [-0.05, 0) is 61.9 Å². The van der Waals surface area contributed by atoms with Crippen LogP contribution in [0.1, 0.15) is 67.6 Å². The van der Waals surface area contributed by atoms with E-state index in [1.165, 1.54) is 4.68 Å². The first-order valence-corrected chi connectivity index (χ1v) is 14.6. The van der Waals surface area contributed by atoms with Crippen LogP contribution in [0.5, 0.6) is 0 Å². The molecule has 0 N–H and O–H groups in total. The number of nitrogens with zero attached hydrogens (tertiary/aromatic N) is 6. The number of para-hydroxylation sites is 1. The Morgan fingerprint density at radius 1 is 0.976 bits per heavy atom. The number of halogens is 3. The summed E-state index contributed by atoms with van der Waals surface area (Å²) in [6, 6.07) is 14.7. The number of alkyl halides is 3. The summed E-state index contributed by atoms with van der Waals surface area (Å²) in [5, 5.41) is 3.84. The number of aromatic nitrogens is 3. The quantitative estimate of drug-likeness (QED) is 0.425. The van der Waals surface area contributed by atoms with E-state index in [-0.39, 0.29) is 42.9 Å². The van der Waals surface area contributed by atoms with E-state index < -0.39 is 11.9 Å². The van der Waals surface area contributed by atoms with Crippen LogP contribution in [0.2, 0.25) is 0 Å². The second-order valence-corrected chi connectivity index (χ2v) is 11.6. The smallest absolute Gasteiger partial charge is 0.335 e. The number of hydrogen-bond donors (Lipinski definition) is 0. The molecule has 0 spiro atoms.